The Morgan fingerprint density at radius 2 is 1.56 bits per heavy atom. The topological polar surface area (TPSA) is 41.1 Å². The lowest BCUT2D eigenvalue weighted by atomic mass is 9.63. The van der Waals surface area contributed by atoms with Crippen LogP contribution >= 0.6 is 0 Å². The maximum absolute atomic E-state index is 4.78. The Labute approximate surface area is 163 Å². The number of benzene rings is 1. The van der Waals surface area contributed by atoms with Crippen LogP contribution < -0.4 is 10.2 Å². The Bertz CT molecular complexity index is 847. The molecular formula is C23H32N4. The van der Waals surface area contributed by atoms with Gasteiger partial charge in [0.2, 0.25) is 0 Å². The highest BCUT2D eigenvalue weighted by Gasteiger charge is 2.37. The van der Waals surface area contributed by atoms with Crippen LogP contribution in [0.15, 0.2) is 24.3 Å². The first-order chi connectivity index (χ1) is 12.8. The molecule has 1 saturated heterocycles. The number of nitrogens with one attached hydrogen (secondary N) is 1. The van der Waals surface area contributed by atoms with E-state index in [2.05, 4.69) is 62.2 Å². The summed E-state index contributed by atoms with van der Waals surface area (Å²) < 4.78 is 0. The van der Waals surface area contributed by atoms with Gasteiger partial charge < -0.3 is 10.2 Å². The molecule has 0 radical (unpaired) electrons. The molecule has 0 amide bonds. The minimum absolute atomic E-state index is 0.213. The van der Waals surface area contributed by atoms with E-state index < -0.39 is 0 Å². The Morgan fingerprint density at radius 3 is 2.26 bits per heavy atom. The predicted octanol–water partition coefficient (Wildman–Crippen LogP) is 4.21. The molecule has 4 nitrogen and oxygen atoms in total. The largest absolute Gasteiger partial charge is 0.354 e. The van der Waals surface area contributed by atoms with E-state index in [1.165, 1.54) is 29.5 Å². The number of piperazine rings is 1. The van der Waals surface area contributed by atoms with Crippen molar-refractivity contribution in [1.29, 1.82) is 0 Å². The van der Waals surface area contributed by atoms with Crippen LogP contribution in [-0.2, 0) is 10.8 Å². The van der Waals surface area contributed by atoms with Crippen LogP contribution in [0.5, 0.6) is 0 Å². The van der Waals surface area contributed by atoms with E-state index >= 15 is 0 Å². The van der Waals surface area contributed by atoms with Gasteiger partial charge in [0, 0.05) is 37.8 Å². The van der Waals surface area contributed by atoms with Crippen LogP contribution in [0.25, 0.3) is 11.3 Å². The van der Waals surface area contributed by atoms with E-state index in [0.29, 0.717) is 0 Å². The summed E-state index contributed by atoms with van der Waals surface area (Å²) in [5.74, 6) is 1.90. The average Bonchev–Trinajstić information content (AvgIpc) is 2.65. The number of hydrogen-bond acceptors (Lipinski definition) is 4. The molecule has 0 saturated carbocycles. The second-order valence-electron chi connectivity index (χ2n) is 9.42. The van der Waals surface area contributed by atoms with E-state index in [1.54, 1.807) is 0 Å². The summed E-state index contributed by atoms with van der Waals surface area (Å²) in [5, 5.41) is 3.41. The predicted molar refractivity (Wildman–Crippen MR) is 113 cm³/mol. The highest BCUT2D eigenvalue weighted by atomic mass is 15.2. The van der Waals surface area contributed by atoms with Crippen LogP contribution in [0.4, 0.5) is 5.82 Å². The fraction of sp³-hybridized carbons (Fsp3) is 0.565. The lowest BCUT2D eigenvalue weighted by Crippen LogP contribution is -2.44. The minimum atomic E-state index is 0.213. The van der Waals surface area contributed by atoms with Gasteiger partial charge in [-0.2, -0.15) is 0 Å². The van der Waals surface area contributed by atoms with E-state index in [-0.39, 0.29) is 10.8 Å². The van der Waals surface area contributed by atoms with Gasteiger partial charge in [-0.05, 0) is 47.8 Å². The summed E-state index contributed by atoms with van der Waals surface area (Å²) in [6.07, 6.45) is 2.47. The van der Waals surface area contributed by atoms with Crippen molar-refractivity contribution >= 4 is 5.82 Å². The average molecular weight is 365 g/mol. The molecule has 4 heteroatoms. The maximum Gasteiger partial charge on any atom is 0.132 e. The van der Waals surface area contributed by atoms with Crippen LogP contribution in [0.3, 0.4) is 0 Å². The molecule has 2 aromatic rings. The molecule has 1 aliphatic heterocycles. The molecular weight excluding hydrogens is 332 g/mol. The fourth-order valence-electron chi connectivity index (χ4n) is 4.50. The third kappa shape index (κ3) is 3.47. The highest BCUT2D eigenvalue weighted by molar-refractivity contribution is 5.66. The van der Waals surface area contributed by atoms with Gasteiger partial charge in [0.05, 0.1) is 5.69 Å². The summed E-state index contributed by atoms with van der Waals surface area (Å²) >= 11 is 0. The molecule has 0 unspecified atom stereocenters. The first-order valence-corrected chi connectivity index (χ1v) is 10.2. The molecule has 4 rings (SSSR count). The molecule has 2 aliphatic rings. The van der Waals surface area contributed by atoms with Crippen molar-refractivity contribution in [3.63, 3.8) is 0 Å². The molecule has 0 spiro atoms. The molecule has 0 bridgehead atoms. The van der Waals surface area contributed by atoms with Crippen LogP contribution in [0, 0.1) is 6.92 Å². The zero-order valence-electron chi connectivity index (χ0n) is 17.4. The van der Waals surface area contributed by atoms with Gasteiger partial charge in [-0.1, -0.05) is 39.8 Å². The zero-order valence-corrected chi connectivity index (χ0v) is 17.4. The number of rotatable bonds is 2. The SMILES string of the molecule is Cc1nc(-c2ccc3c(c2)C(C)(C)CCC3(C)C)cc(N2CCNCC2)n1. The molecule has 27 heavy (non-hydrogen) atoms. The summed E-state index contributed by atoms with van der Waals surface area (Å²) in [5.41, 5.74) is 5.69. The number of anilines is 1. The van der Waals surface area contributed by atoms with Gasteiger partial charge in [-0.25, -0.2) is 9.97 Å². The minimum Gasteiger partial charge on any atom is -0.354 e. The first kappa shape index (κ1) is 18.4. The highest BCUT2D eigenvalue weighted by Crippen LogP contribution is 2.46. The van der Waals surface area contributed by atoms with Gasteiger partial charge in [0.15, 0.2) is 0 Å². The second kappa shape index (κ2) is 6.59. The number of hydrogen-bond donors (Lipinski definition) is 1. The van der Waals surface area contributed by atoms with Crippen molar-refractivity contribution < 1.29 is 0 Å². The van der Waals surface area contributed by atoms with Gasteiger partial charge in [-0.3, -0.25) is 0 Å². The molecule has 1 N–H and O–H groups in total. The van der Waals surface area contributed by atoms with Gasteiger partial charge in [0.1, 0.15) is 11.6 Å². The fourth-order valence-corrected chi connectivity index (χ4v) is 4.50. The monoisotopic (exact) mass is 364 g/mol. The molecule has 0 atom stereocenters. The van der Waals surface area contributed by atoms with Crippen molar-refractivity contribution in [3.8, 4) is 11.3 Å². The Hall–Kier alpha value is -1.94. The van der Waals surface area contributed by atoms with E-state index in [0.717, 1.165) is 43.5 Å². The van der Waals surface area contributed by atoms with Crippen molar-refractivity contribution in [2.24, 2.45) is 0 Å². The van der Waals surface area contributed by atoms with Gasteiger partial charge >= 0.3 is 0 Å². The lowest BCUT2D eigenvalue weighted by molar-refractivity contribution is 0.332. The first-order valence-electron chi connectivity index (χ1n) is 10.2. The Morgan fingerprint density at radius 1 is 0.889 bits per heavy atom. The van der Waals surface area contributed by atoms with Crippen molar-refractivity contribution in [3.05, 3.63) is 41.2 Å². The van der Waals surface area contributed by atoms with Gasteiger partial charge in [-0.15, -0.1) is 0 Å². The number of fused-ring (bicyclic) bond motifs is 1. The summed E-state index contributed by atoms with van der Waals surface area (Å²) in [6, 6.07) is 9.15. The zero-order chi connectivity index (χ0) is 19.2. The summed E-state index contributed by atoms with van der Waals surface area (Å²) in [4.78, 5) is 11.8. The summed E-state index contributed by atoms with van der Waals surface area (Å²) in [6.45, 7) is 15.5. The smallest absolute Gasteiger partial charge is 0.132 e. The Balaban J connectivity index is 1.77. The molecule has 2 heterocycles. The summed E-state index contributed by atoms with van der Waals surface area (Å²) in [7, 11) is 0. The Kier molecular flexibility index (Phi) is 4.50. The second-order valence-corrected chi connectivity index (χ2v) is 9.42. The van der Waals surface area contributed by atoms with E-state index in [9.17, 15) is 0 Å². The van der Waals surface area contributed by atoms with E-state index in [1.807, 2.05) is 6.92 Å². The van der Waals surface area contributed by atoms with Crippen LogP contribution in [0.2, 0.25) is 0 Å². The van der Waals surface area contributed by atoms with Crippen molar-refractivity contribution in [2.75, 3.05) is 31.1 Å². The molecule has 144 valence electrons. The molecule has 1 aliphatic carbocycles. The quantitative estimate of drug-likeness (QED) is 0.867. The van der Waals surface area contributed by atoms with E-state index in [4.69, 9.17) is 9.97 Å². The third-order valence-corrected chi connectivity index (χ3v) is 6.41. The molecule has 1 aromatic heterocycles. The number of aromatic nitrogens is 2. The third-order valence-electron chi connectivity index (χ3n) is 6.41. The number of nitrogens with zero attached hydrogens (tertiary/aromatic N) is 3. The van der Waals surface area contributed by atoms with Crippen LogP contribution in [0.1, 0.15) is 57.5 Å². The maximum atomic E-state index is 4.78. The number of aryl methyl sites for hydroxylation is 1. The normalized spacial score (nSPS) is 21.0. The standard InChI is InChI=1S/C23H32N4/c1-16-25-20(15-21(26-16)27-12-10-24-11-13-27)17-6-7-18-19(14-17)23(4,5)9-8-22(18,2)3/h6-7,14-15,24H,8-13H2,1-5H3. The lowest BCUT2D eigenvalue weighted by Gasteiger charge is -2.42. The van der Waals surface area contributed by atoms with Crippen molar-refractivity contribution in [1.82, 2.24) is 15.3 Å². The van der Waals surface area contributed by atoms with Gasteiger partial charge in [0.25, 0.3) is 0 Å². The molecule has 1 aromatic carbocycles. The van der Waals surface area contributed by atoms with Crippen molar-refractivity contribution in [2.45, 2.75) is 58.3 Å². The molecule has 1 fully saturated rings. The van der Waals surface area contributed by atoms with Crippen LogP contribution in [-0.4, -0.2) is 36.1 Å².